The summed E-state index contributed by atoms with van der Waals surface area (Å²) in [5, 5.41) is 14.6. The molecule has 0 unspecified atom stereocenters. The molecule has 0 saturated carbocycles. The zero-order valence-electron chi connectivity index (χ0n) is 9.49. The molecule has 2 aromatic heterocycles. The fraction of sp³-hybridized carbons (Fsp3) is 0.0909. The van der Waals surface area contributed by atoms with E-state index in [0.29, 0.717) is 11.1 Å². The summed E-state index contributed by atoms with van der Waals surface area (Å²) in [7, 11) is 0. The van der Waals surface area contributed by atoms with E-state index in [1.807, 2.05) is 0 Å². The van der Waals surface area contributed by atoms with Crippen molar-refractivity contribution in [2.24, 2.45) is 0 Å². The second kappa shape index (κ2) is 4.16. The van der Waals surface area contributed by atoms with E-state index in [4.69, 9.17) is 4.42 Å². The molecule has 0 amide bonds. The van der Waals surface area contributed by atoms with Crippen LogP contribution in [0.3, 0.4) is 0 Å². The van der Waals surface area contributed by atoms with Gasteiger partial charge in [0.1, 0.15) is 11.3 Å². The van der Waals surface area contributed by atoms with Gasteiger partial charge in [0.2, 0.25) is 5.89 Å². The van der Waals surface area contributed by atoms with Crippen molar-refractivity contribution in [2.45, 2.75) is 6.54 Å². The Hall–Kier alpha value is -2.77. The number of aromatic nitrogens is 3. The quantitative estimate of drug-likeness (QED) is 0.533. The zero-order valence-corrected chi connectivity index (χ0v) is 9.49. The Kier molecular flexibility index (Phi) is 2.48. The second-order valence-corrected chi connectivity index (χ2v) is 3.82. The number of halogens is 1. The first-order valence-corrected chi connectivity index (χ1v) is 5.34. The summed E-state index contributed by atoms with van der Waals surface area (Å²) >= 11 is 0. The Morgan fingerprint density at radius 2 is 2.26 bits per heavy atom. The predicted octanol–water partition coefficient (Wildman–Crippen LogP) is 2.12. The summed E-state index contributed by atoms with van der Waals surface area (Å²) in [6, 6.07) is 5.23. The fourth-order valence-electron chi connectivity index (χ4n) is 1.75. The van der Waals surface area contributed by atoms with Crippen LogP contribution in [0.5, 0.6) is 0 Å². The average molecular weight is 262 g/mol. The smallest absolute Gasteiger partial charge is 0.345 e. The van der Waals surface area contributed by atoms with Crippen molar-refractivity contribution >= 4 is 16.9 Å². The van der Waals surface area contributed by atoms with Crippen LogP contribution < -0.4 is 0 Å². The van der Waals surface area contributed by atoms with Gasteiger partial charge < -0.3 is 14.5 Å². The highest BCUT2D eigenvalue weighted by atomic mass is 19.1. The number of nitro groups is 1. The number of hydrogen-bond acceptors (Lipinski definition) is 5. The van der Waals surface area contributed by atoms with Crippen LogP contribution in [-0.2, 0) is 6.54 Å². The lowest BCUT2D eigenvalue weighted by molar-refractivity contribution is -0.392. The highest BCUT2D eigenvalue weighted by molar-refractivity contribution is 5.72. The molecule has 0 aliphatic carbocycles. The first kappa shape index (κ1) is 11.3. The van der Waals surface area contributed by atoms with E-state index in [1.165, 1.54) is 30.5 Å². The molecular formula is C11H7FN4O3. The Morgan fingerprint density at radius 3 is 3.05 bits per heavy atom. The normalized spacial score (nSPS) is 11.0. The molecule has 8 heteroatoms. The van der Waals surface area contributed by atoms with Crippen LogP contribution in [0.25, 0.3) is 11.1 Å². The maximum absolute atomic E-state index is 13.0. The molecule has 3 rings (SSSR count). The van der Waals surface area contributed by atoms with Gasteiger partial charge in [0.05, 0.1) is 12.3 Å². The SMILES string of the molecule is O=[N+]([O-])c1ccnn1Cc1nc2cc(F)ccc2o1. The summed E-state index contributed by atoms with van der Waals surface area (Å²) in [5.41, 5.74) is 0.788. The van der Waals surface area contributed by atoms with E-state index in [1.54, 1.807) is 0 Å². The summed E-state index contributed by atoms with van der Waals surface area (Å²) in [4.78, 5) is 14.2. The van der Waals surface area contributed by atoms with Crippen LogP contribution in [0, 0.1) is 15.9 Å². The number of fused-ring (bicyclic) bond motifs is 1. The van der Waals surface area contributed by atoms with Crippen LogP contribution in [0.4, 0.5) is 10.2 Å². The van der Waals surface area contributed by atoms with Gasteiger partial charge in [-0.05, 0) is 17.1 Å². The van der Waals surface area contributed by atoms with Crippen molar-refractivity contribution in [3.8, 4) is 0 Å². The summed E-state index contributed by atoms with van der Waals surface area (Å²) in [6.45, 7) is 0.0135. The van der Waals surface area contributed by atoms with E-state index < -0.39 is 10.7 Å². The maximum Gasteiger partial charge on any atom is 0.345 e. The van der Waals surface area contributed by atoms with Gasteiger partial charge in [-0.1, -0.05) is 5.10 Å². The number of benzene rings is 1. The van der Waals surface area contributed by atoms with E-state index in [0.717, 1.165) is 4.68 Å². The largest absolute Gasteiger partial charge is 0.436 e. The molecule has 0 saturated heterocycles. The van der Waals surface area contributed by atoms with Crippen molar-refractivity contribution < 1.29 is 13.7 Å². The third-order valence-corrected chi connectivity index (χ3v) is 2.56. The number of hydrogen-bond donors (Lipinski definition) is 0. The monoisotopic (exact) mass is 262 g/mol. The van der Waals surface area contributed by atoms with Crippen LogP contribution in [-0.4, -0.2) is 19.7 Å². The van der Waals surface area contributed by atoms with Gasteiger partial charge in [0, 0.05) is 6.07 Å². The zero-order chi connectivity index (χ0) is 13.4. The van der Waals surface area contributed by atoms with E-state index >= 15 is 0 Å². The predicted molar refractivity (Wildman–Crippen MR) is 62.0 cm³/mol. The third kappa shape index (κ3) is 2.03. The van der Waals surface area contributed by atoms with Gasteiger partial charge in [0.15, 0.2) is 12.1 Å². The fourth-order valence-corrected chi connectivity index (χ4v) is 1.75. The standard InChI is InChI=1S/C11H7FN4O3/c12-7-1-2-9-8(5-7)14-10(19-9)6-15-11(16(17)18)3-4-13-15/h1-5H,6H2. The molecule has 19 heavy (non-hydrogen) atoms. The number of oxazole rings is 1. The molecule has 0 aliphatic heterocycles. The molecule has 0 N–H and O–H groups in total. The van der Waals surface area contributed by atoms with Crippen LogP contribution in [0.1, 0.15) is 5.89 Å². The molecule has 0 fully saturated rings. The van der Waals surface area contributed by atoms with Crippen LogP contribution in [0.15, 0.2) is 34.9 Å². The van der Waals surface area contributed by atoms with Gasteiger partial charge in [-0.15, -0.1) is 4.68 Å². The topological polar surface area (TPSA) is 87.0 Å². The summed E-state index contributed by atoms with van der Waals surface area (Å²) < 4.78 is 19.5. The Morgan fingerprint density at radius 1 is 1.42 bits per heavy atom. The van der Waals surface area contributed by atoms with E-state index in [9.17, 15) is 14.5 Å². The van der Waals surface area contributed by atoms with E-state index in [-0.39, 0.29) is 18.3 Å². The maximum atomic E-state index is 13.0. The van der Waals surface area contributed by atoms with E-state index in [2.05, 4.69) is 10.1 Å². The third-order valence-electron chi connectivity index (χ3n) is 2.56. The van der Waals surface area contributed by atoms with Crippen LogP contribution >= 0.6 is 0 Å². The van der Waals surface area contributed by atoms with Gasteiger partial charge in [-0.3, -0.25) is 0 Å². The highest BCUT2D eigenvalue weighted by Crippen LogP contribution is 2.18. The number of nitrogens with zero attached hydrogens (tertiary/aromatic N) is 4. The van der Waals surface area contributed by atoms with Gasteiger partial charge in [0.25, 0.3) is 0 Å². The first-order chi connectivity index (χ1) is 9.13. The van der Waals surface area contributed by atoms with Crippen molar-refractivity contribution in [3.63, 3.8) is 0 Å². The molecule has 0 radical (unpaired) electrons. The first-order valence-electron chi connectivity index (χ1n) is 5.34. The Bertz CT molecular complexity index is 764. The lowest BCUT2D eigenvalue weighted by Gasteiger charge is -1.95. The number of rotatable bonds is 3. The lowest BCUT2D eigenvalue weighted by Crippen LogP contribution is -2.05. The Balaban J connectivity index is 1.97. The summed E-state index contributed by atoms with van der Waals surface area (Å²) in [5.74, 6) is -0.349. The average Bonchev–Trinajstić information content (AvgIpc) is 2.95. The molecule has 0 atom stereocenters. The molecule has 1 aromatic carbocycles. The van der Waals surface area contributed by atoms with Gasteiger partial charge >= 0.3 is 5.82 Å². The Labute approximate surface area is 105 Å². The minimum atomic E-state index is -0.546. The van der Waals surface area contributed by atoms with Gasteiger partial charge in [-0.2, -0.15) is 0 Å². The summed E-state index contributed by atoms with van der Waals surface area (Å²) in [6.07, 6.45) is 1.32. The van der Waals surface area contributed by atoms with Crippen molar-refractivity contribution in [1.82, 2.24) is 14.8 Å². The lowest BCUT2D eigenvalue weighted by atomic mass is 10.3. The van der Waals surface area contributed by atoms with Crippen LogP contribution in [0.2, 0.25) is 0 Å². The van der Waals surface area contributed by atoms with Crippen molar-refractivity contribution in [1.29, 1.82) is 0 Å². The molecule has 0 spiro atoms. The molecular weight excluding hydrogens is 255 g/mol. The second-order valence-electron chi connectivity index (χ2n) is 3.82. The minimum Gasteiger partial charge on any atom is -0.436 e. The molecule has 0 bridgehead atoms. The molecule has 0 aliphatic rings. The molecule has 3 aromatic rings. The van der Waals surface area contributed by atoms with Gasteiger partial charge in [-0.25, -0.2) is 9.37 Å². The van der Waals surface area contributed by atoms with Crippen molar-refractivity contribution in [2.75, 3.05) is 0 Å². The highest BCUT2D eigenvalue weighted by Gasteiger charge is 2.17. The molecule has 96 valence electrons. The minimum absolute atomic E-state index is 0.0135. The molecule has 7 nitrogen and oxygen atoms in total. The van der Waals surface area contributed by atoms with Crippen molar-refractivity contribution in [3.05, 3.63) is 52.3 Å². The molecule has 2 heterocycles.